The van der Waals surface area contributed by atoms with E-state index in [1.54, 1.807) is 0 Å². The molecule has 13 heteroatoms. The predicted molar refractivity (Wildman–Crippen MR) is 132 cm³/mol. The van der Waals surface area contributed by atoms with Gasteiger partial charge in [-0.1, -0.05) is 36.8 Å². The van der Waals surface area contributed by atoms with Crippen LogP contribution in [0.3, 0.4) is 0 Å². The Labute approximate surface area is 219 Å². The highest BCUT2D eigenvalue weighted by molar-refractivity contribution is 7.94. The Morgan fingerprint density at radius 3 is 2.29 bits per heavy atom. The SMILES string of the molecule is NS(=O)(=O)c1ccccc1S(=O)(=O)CC(=O)c1ccc(C#CC2CCCC2)c(OCCOCC(F)(F)F)c1. The third kappa shape index (κ3) is 8.56. The number of carbonyl (C=O) groups is 1. The summed E-state index contributed by atoms with van der Waals surface area (Å²) in [6, 6.07) is 8.74. The van der Waals surface area contributed by atoms with Crippen LogP contribution in [0.25, 0.3) is 0 Å². The zero-order valence-electron chi connectivity index (χ0n) is 20.2. The van der Waals surface area contributed by atoms with Gasteiger partial charge in [0.1, 0.15) is 29.6 Å². The van der Waals surface area contributed by atoms with Crippen molar-refractivity contribution in [1.29, 1.82) is 0 Å². The van der Waals surface area contributed by atoms with Crippen molar-refractivity contribution in [1.82, 2.24) is 0 Å². The third-order valence-electron chi connectivity index (χ3n) is 5.63. The van der Waals surface area contributed by atoms with Crippen LogP contribution in [0.2, 0.25) is 0 Å². The fourth-order valence-corrected chi connectivity index (χ4v) is 6.52. The maximum Gasteiger partial charge on any atom is 0.411 e. The Hall–Kier alpha value is -2.92. The summed E-state index contributed by atoms with van der Waals surface area (Å²) in [4.78, 5) is 11.7. The van der Waals surface area contributed by atoms with Crippen LogP contribution in [0.4, 0.5) is 13.2 Å². The van der Waals surface area contributed by atoms with Gasteiger partial charge in [0.25, 0.3) is 0 Å². The maximum absolute atomic E-state index is 12.9. The maximum atomic E-state index is 12.9. The Kier molecular flexibility index (Phi) is 9.59. The number of alkyl halides is 3. The lowest BCUT2D eigenvalue weighted by atomic mass is 10.1. The van der Waals surface area contributed by atoms with Gasteiger partial charge >= 0.3 is 6.18 Å². The van der Waals surface area contributed by atoms with Gasteiger partial charge in [0.2, 0.25) is 10.0 Å². The molecule has 0 atom stereocenters. The Balaban J connectivity index is 1.83. The van der Waals surface area contributed by atoms with Crippen molar-refractivity contribution < 1.29 is 44.3 Å². The first kappa shape index (κ1) is 29.6. The summed E-state index contributed by atoms with van der Waals surface area (Å²) in [5.41, 5.74) is 0.311. The van der Waals surface area contributed by atoms with Gasteiger partial charge in [-0.25, -0.2) is 22.0 Å². The Morgan fingerprint density at radius 1 is 1.00 bits per heavy atom. The first-order valence-corrected chi connectivity index (χ1v) is 14.8. The van der Waals surface area contributed by atoms with Crippen molar-refractivity contribution in [2.75, 3.05) is 25.6 Å². The molecule has 0 heterocycles. The van der Waals surface area contributed by atoms with Gasteiger partial charge in [0.15, 0.2) is 15.6 Å². The molecule has 3 rings (SSSR count). The van der Waals surface area contributed by atoms with E-state index in [0.29, 0.717) is 5.56 Å². The number of hydrogen-bond acceptors (Lipinski definition) is 7. The molecule has 0 unspecified atom stereocenters. The monoisotopic (exact) mass is 573 g/mol. The largest absolute Gasteiger partial charge is 0.490 e. The van der Waals surface area contributed by atoms with Crippen molar-refractivity contribution in [3.63, 3.8) is 0 Å². The number of hydrogen-bond donors (Lipinski definition) is 1. The van der Waals surface area contributed by atoms with Crippen molar-refractivity contribution >= 4 is 25.6 Å². The van der Waals surface area contributed by atoms with Crippen LogP contribution < -0.4 is 9.88 Å². The lowest BCUT2D eigenvalue weighted by Crippen LogP contribution is -2.21. The second-order valence-corrected chi connectivity index (χ2v) is 12.1. The van der Waals surface area contributed by atoms with E-state index < -0.39 is 54.0 Å². The van der Waals surface area contributed by atoms with Gasteiger partial charge in [-0.15, -0.1) is 0 Å². The molecule has 0 aliphatic heterocycles. The van der Waals surface area contributed by atoms with E-state index in [-0.39, 0.29) is 30.4 Å². The molecule has 1 aliphatic carbocycles. The van der Waals surface area contributed by atoms with Gasteiger partial charge in [-0.2, -0.15) is 13.2 Å². The number of halogens is 3. The topological polar surface area (TPSA) is 130 Å². The Morgan fingerprint density at radius 2 is 1.66 bits per heavy atom. The Bertz CT molecular complexity index is 1440. The van der Waals surface area contributed by atoms with Crippen LogP contribution >= 0.6 is 0 Å². The summed E-state index contributed by atoms with van der Waals surface area (Å²) in [7, 11) is -8.78. The zero-order chi connectivity index (χ0) is 28.0. The first-order valence-electron chi connectivity index (χ1n) is 11.6. The number of nitrogens with two attached hydrogens (primary N) is 1. The van der Waals surface area contributed by atoms with Gasteiger partial charge in [0, 0.05) is 11.5 Å². The van der Waals surface area contributed by atoms with Crippen LogP contribution in [-0.4, -0.2) is 54.4 Å². The summed E-state index contributed by atoms with van der Waals surface area (Å²) in [5, 5.41) is 5.12. The first-order chi connectivity index (χ1) is 17.8. The molecule has 1 fully saturated rings. The van der Waals surface area contributed by atoms with Crippen LogP contribution in [-0.2, 0) is 24.6 Å². The third-order valence-corrected chi connectivity index (χ3v) is 8.40. The molecule has 2 aromatic carbocycles. The molecule has 206 valence electrons. The van der Waals surface area contributed by atoms with Gasteiger partial charge in [-0.05, 0) is 43.2 Å². The molecule has 0 amide bonds. The highest BCUT2D eigenvalue weighted by atomic mass is 32.2. The summed E-state index contributed by atoms with van der Waals surface area (Å²) in [5.74, 6) is 4.47. The molecular formula is C25H26F3NO7S2. The second-order valence-electron chi connectivity index (χ2n) is 8.65. The highest BCUT2D eigenvalue weighted by Crippen LogP contribution is 2.26. The van der Waals surface area contributed by atoms with E-state index in [1.165, 1.54) is 30.3 Å². The van der Waals surface area contributed by atoms with E-state index in [2.05, 4.69) is 16.6 Å². The fourth-order valence-electron chi connectivity index (χ4n) is 3.84. The molecule has 2 N–H and O–H groups in total. The van der Waals surface area contributed by atoms with E-state index in [9.17, 15) is 34.8 Å². The molecule has 8 nitrogen and oxygen atoms in total. The van der Waals surface area contributed by atoms with Crippen molar-refractivity contribution in [2.45, 2.75) is 41.7 Å². The van der Waals surface area contributed by atoms with Crippen LogP contribution in [0, 0.1) is 17.8 Å². The lowest BCUT2D eigenvalue weighted by molar-refractivity contribution is -0.175. The number of ketones is 1. The number of benzene rings is 2. The minimum Gasteiger partial charge on any atom is -0.490 e. The van der Waals surface area contributed by atoms with E-state index in [0.717, 1.165) is 37.8 Å². The van der Waals surface area contributed by atoms with Gasteiger partial charge in [0.05, 0.1) is 17.1 Å². The molecule has 0 radical (unpaired) electrons. The van der Waals surface area contributed by atoms with Crippen molar-refractivity contribution in [3.8, 4) is 17.6 Å². The standard InChI is InChI=1S/C25H26F3NO7S2/c26-25(27,28)17-35-13-14-36-22-15-20(12-11-19(22)10-9-18-5-1-2-6-18)21(30)16-37(31,32)23-7-3-4-8-24(23)38(29,33)34/h3-4,7-8,11-12,15,18H,1-2,5-6,13-14,16-17H2,(H2,29,33,34). The normalized spacial score (nSPS) is 14.6. The van der Waals surface area contributed by atoms with Crippen LogP contribution in [0.5, 0.6) is 5.75 Å². The van der Waals surface area contributed by atoms with E-state index in [4.69, 9.17) is 9.88 Å². The number of primary sulfonamides is 1. The average molecular weight is 574 g/mol. The summed E-state index contributed by atoms with van der Waals surface area (Å²) in [6.07, 6.45) is -0.463. The number of carbonyl (C=O) groups excluding carboxylic acids is 1. The highest BCUT2D eigenvalue weighted by Gasteiger charge is 2.28. The summed E-state index contributed by atoms with van der Waals surface area (Å²) >= 11 is 0. The smallest absolute Gasteiger partial charge is 0.411 e. The molecule has 0 spiro atoms. The second kappa shape index (κ2) is 12.3. The molecule has 0 bridgehead atoms. The average Bonchev–Trinajstić information content (AvgIpc) is 3.35. The number of Topliss-reactive ketones (excluding diaryl/α,β-unsaturated/α-hetero) is 1. The predicted octanol–water partition coefficient (Wildman–Crippen LogP) is 3.49. The van der Waals surface area contributed by atoms with Gasteiger partial charge < -0.3 is 9.47 Å². The number of ether oxygens (including phenoxy) is 2. The van der Waals surface area contributed by atoms with Crippen molar-refractivity contribution in [2.24, 2.45) is 11.1 Å². The fraction of sp³-hybridized carbons (Fsp3) is 0.400. The molecular weight excluding hydrogens is 547 g/mol. The van der Waals surface area contributed by atoms with Crippen LogP contribution in [0.15, 0.2) is 52.3 Å². The molecule has 0 saturated heterocycles. The number of sulfonamides is 1. The zero-order valence-corrected chi connectivity index (χ0v) is 21.8. The number of rotatable bonds is 10. The minimum absolute atomic E-state index is 0.0701. The molecule has 1 aliphatic rings. The van der Waals surface area contributed by atoms with E-state index in [1.807, 2.05) is 0 Å². The molecule has 0 aromatic heterocycles. The van der Waals surface area contributed by atoms with E-state index >= 15 is 0 Å². The molecule has 1 saturated carbocycles. The van der Waals surface area contributed by atoms with Crippen molar-refractivity contribution in [3.05, 3.63) is 53.6 Å². The molecule has 2 aromatic rings. The number of sulfone groups is 1. The van der Waals surface area contributed by atoms with Gasteiger partial charge in [-0.3, -0.25) is 4.79 Å². The van der Waals surface area contributed by atoms with Crippen LogP contribution in [0.1, 0.15) is 41.6 Å². The minimum atomic E-state index is -4.49. The quantitative estimate of drug-likeness (QED) is 0.262. The lowest BCUT2D eigenvalue weighted by Gasteiger charge is -2.12. The summed E-state index contributed by atoms with van der Waals surface area (Å²) < 4.78 is 96.4. The molecule has 38 heavy (non-hydrogen) atoms. The summed E-state index contributed by atoms with van der Waals surface area (Å²) in [6.45, 7) is -2.10.